The predicted molar refractivity (Wildman–Crippen MR) is 103 cm³/mol. The van der Waals surface area contributed by atoms with Gasteiger partial charge < -0.3 is 4.90 Å². The molecule has 7 heteroatoms. The molecule has 0 fully saturated rings. The van der Waals surface area contributed by atoms with Crippen LogP contribution in [0.1, 0.15) is 27.7 Å². The highest BCUT2D eigenvalue weighted by Gasteiger charge is 2.18. The molecule has 1 amide bonds. The van der Waals surface area contributed by atoms with Crippen molar-refractivity contribution in [2.45, 2.75) is 32.9 Å². The second kappa shape index (κ2) is 9.25. The number of thioether (sulfide) groups is 1. The van der Waals surface area contributed by atoms with Gasteiger partial charge in [-0.25, -0.2) is 0 Å². The quantitative estimate of drug-likeness (QED) is 0.645. The van der Waals surface area contributed by atoms with Crippen molar-refractivity contribution in [2.75, 3.05) is 18.8 Å². The van der Waals surface area contributed by atoms with Crippen molar-refractivity contribution in [1.82, 2.24) is 19.7 Å². The van der Waals surface area contributed by atoms with Gasteiger partial charge in [-0.2, -0.15) is 0 Å². The van der Waals surface area contributed by atoms with Gasteiger partial charge in [0.15, 0.2) is 5.16 Å². The minimum absolute atomic E-state index is 0.132. The maximum atomic E-state index is 12.6. The standard InChI is InChI=1S/C18H25ClN4OS/c1-13(2)9-22(10-14(3)4)17(24)11-25-18-21-20-12-23(18)16-7-5-6-15(19)8-16/h5-8,12-14H,9-11H2,1-4H3. The molecule has 5 nitrogen and oxygen atoms in total. The molecule has 1 heterocycles. The molecule has 0 saturated carbocycles. The van der Waals surface area contributed by atoms with Crippen LogP contribution in [0.25, 0.3) is 5.69 Å². The Kier molecular flexibility index (Phi) is 7.32. The highest BCUT2D eigenvalue weighted by molar-refractivity contribution is 7.99. The zero-order valence-electron chi connectivity index (χ0n) is 15.1. The summed E-state index contributed by atoms with van der Waals surface area (Å²) in [6, 6.07) is 7.48. The Morgan fingerprint density at radius 3 is 2.52 bits per heavy atom. The minimum atomic E-state index is 0.132. The Morgan fingerprint density at radius 1 is 1.24 bits per heavy atom. The second-order valence-corrected chi connectivity index (χ2v) is 8.22. The molecule has 0 radical (unpaired) electrons. The first-order valence-electron chi connectivity index (χ1n) is 8.43. The molecule has 0 bridgehead atoms. The molecule has 0 aliphatic heterocycles. The third-order valence-electron chi connectivity index (χ3n) is 3.45. The minimum Gasteiger partial charge on any atom is -0.341 e. The van der Waals surface area contributed by atoms with E-state index in [4.69, 9.17) is 11.6 Å². The highest BCUT2D eigenvalue weighted by Crippen LogP contribution is 2.22. The number of amides is 1. The Morgan fingerprint density at radius 2 is 1.92 bits per heavy atom. The maximum Gasteiger partial charge on any atom is 0.233 e. The van der Waals surface area contributed by atoms with Crippen LogP contribution in [-0.2, 0) is 4.79 Å². The van der Waals surface area contributed by atoms with Crippen molar-refractivity contribution in [1.29, 1.82) is 0 Å². The first kappa shape index (κ1) is 19.8. The lowest BCUT2D eigenvalue weighted by Gasteiger charge is -2.26. The summed E-state index contributed by atoms with van der Waals surface area (Å²) in [4.78, 5) is 14.6. The Bertz CT molecular complexity index is 692. The van der Waals surface area contributed by atoms with Crippen LogP contribution in [0.15, 0.2) is 35.7 Å². The van der Waals surface area contributed by atoms with Gasteiger partial charge in [0, 0.05) is 18.1 Å². The predicted octanol–water partition coefficient (Wildman–Crippen LogP) is 4.15. The smallest absolute Gasteiger partial charge is 0.233 e. The average Bonchev–Trinajstić information content (AvgIpc) is 2.99. The first-order chi connectivity index (χ1) is 11.9. The number of halogens is 1. The molecular formula is C18H25ClN4OS. The van der Waals surface area contributed by atoms with Crippen molar-refractivity contribution >= 4 is 29.3 Å². The number of nitrogens with zero attached hydrogens (tertiary/aromatic N) is 4. The Labute approximate surface area is 158 Å². The number of carbonyl (C=O) groups is 1. The van der Waals surface area contributed by atoms with Crippen LogP contribution >= 0.6 is 23.4 Å². The van der Waals surface area contributed by atoms with E-state index in [9.17, 15) is 4.79 Å². The van der Waals surface area contributed by atoms with E-state index >= 15 is 0 Å². The maximum absolute atomic E-state index is 12.6. The number of rotatable bonds is 8. The third-order valence-corrected chi connectivity index (χ3v) is 4.61. The number of benzene rings is 1. The van der Waals surface area contributed by atoms with Crippen LogP contribution in [-0.4, -0.2) is 44.4 Å². The normalized spacial score (nSPS) is 11.3. The SMILES string of the molecule is CC(C)CN(CC(C)C)C(=O)CSc1nncn1-c1cccc(Cl)c1. The van der Waals surface area contributed by atoms with Crippen molar-refractivity contribution in [2.24, 2.45) is 11.8 Å². The summed E-state index contributed by atoms with van der Waals surface area (Å²) in [5.74, 6) is 1.37. The fourth-order valence-corrected chi connectivity index (χ4v) is 3.52. The van der Waals surface area contributed by atoms with Crippen LogP contribution in [0.3, 0.4) is 0 Å². The van der Waals surface area contributed by atoms with E-state index in [0.29, 0.717) is 27.8 Å². The molecule has 0 atom stereocenters. The van der Waals surface area contributed by atoms with Gasteiger partial charge in [-0.15, -0.1) is 10.2 Å². The van der Waals surface area contributed by atoms with E-state index in [0.717, 1.165) is 18.8 Å². The van der Waals surface area contributed by atoms with Gasteiger partial charge in [-0.05, 0) is 30.0 Å². The Hall–Kier alpha value is -1.53. The summed E-state index contributed by atoms with van der Waals surface area (Å²) in [5, 5.41) is 9.45. The van der Waals surface area contributed by atoms with Gasteiger partial charge in [0.05, 0.1) is 11.4 Å². The lowest BCUT2D eigenvalue weighted by molar-refractivity contribution is -0.129. The van der Waals surface area contributed by atoms with Crippen molar-refractivity contribution < 1.29 is 4.79 Å². The highest BCUT2D eigenvalue weighted by atomic mass is 35.5. The lowest BCUT2D eigenvalue weighted by Crippen LogP contribution is -2.38. The fraction of sp³-hybridized carbons (Fsp3) is 0.500. The summed E-state index contributed by atoms with van der Waals surface area (Å²) in [6.45, 7) is 10.1. The largest absolute Gasteiger partial charge is 0.341 e. The molecular weight excluding hydrogens is 356 g/mol. The lowest BCUT2D eigenvalue weighted by atomic mass is 10.1. The van der Waals surface area contributed by atoms with E-state index < -0.39 is 0 Å². The number of carbonyl (C=O) groups excluding carboxylic acids is 1. The van der Waals surface area contributed by atoms with E-state index in [1.807, 2.05) is 33.7 Å². The van der Waals surface area contributed by atoms with E-state index in [2.05, 4.69) is 37.9 Å². The number of aromatic nitrogens is 3. The van der Waals surface area contributed by atoms with Gasteiger partial charge >= 0.3 is 0 Å². The summed E-state index contributed by atoms with van der Waals surface area (Å²) < 4.78 is 1.85. The molecule has 0 N–H and O–H groups in total. The van der Waals surface area contributed by atoms with Gasteiger partial charge in [0.25, 0.3) is 0 Å². The molecule has 136 valence electrons. The molecule has 0 unspecified atom stereocenters. The molecule has 2 aromatic rings. The van der Waals surface area contributed by atoms with E-state index in [1.165, 1.54) is 11.8 Å². The molecule has 0 aliphatic carbocycles. The zero-order valence-corrected chi connectivity index (χ0v) is 16.7. The van der Waals surface area contributed by atoms with Crippen LogP contribution in [0, 0.1) is 11.8 Å². The van der Waals surface area contributed by atoms with Gasteiger partial charge in [0.2, 0.25) is 5.91 Å². The summed E-state index contributed by atoms with van der Waals surface area (Å²) >= 11 is 7.46. The van der Waals surface area contributed by atoms with Crippen molar-refractivity contribution in [3.8, 4) is 5.69 Å². The van der Waals surface area contributed by atoms with Gasteiger partial charge in [-0.1, -0.05) is 57.1 Å². The molecule has 0 spiro atoms. The van der Waals surface area contributed by atoms with Crippen molar-refractivity contribution in [3.63, 3.8) is 0 Å². The topological polar surface area (TPSA) is 51.0 Å². The first-order valence-corrected chi connectivity index (χ1v) is 9.79. The number of hydrogen-bond donors (Lipinski definition) is 0. The molecule has 0 saturated heterocycles. The third kappa shape index (κ3) is 6.04. The number of hydrogen-bond acceptors (Lipinski definition) is 4. The monoisotopic (exact) mass is 380 g/mol. The second-order valence-electron chi connectivity index (χ2n) is 6.84. The van der Waals surface area contributed by atoms with Crippen LogP contribution in [0.2, 0.25) is 5.02 Å². The summed E-state index contributed by atoms with van der Waals surface area (Å²) in [6.07, 6.45) is 1.64. The molecule has 25 heavy (non-hydrogen) atoms. The fourth-order valence-electron chi connectivity index (χ4n) is 2.50. The summed E-state index contributed by atoms with van der Waals surface area (Å²) in [5.41, 5.74) is 0.883. The van der Waals surface area contributed by atoms with Crippen LogP contribution in [0.5, 0.6) is 0 Å². The molecule has 0 aliphatic rings. The summed E-state index contributed by atoms with van der Waals surface area (Å²) in [7, 11) is 0. The Balaban J connectivity index is 2.05. The molecule has 1 aromatic heterocycles. The zero-order chi connectivity index (χ0) is 18.4. The van der Waals surface area contributed by atoms with Crippen LogP contribution in [0.4, 0.5) is 0 Å². The molecule has 2 rings (SSSR count). The van der Waals surface area contributed by atoms with Gasteiger partial charge in [-0.3, -0.25) is 9.36 Å². The van der Waals surface area contributed by atoms with E-state index in [-0.39, 0.29) is 5.91 Å². The van der Waals surface area contributed by atoms with Crippen LogP contribution < -0.4 is 0 Å². The van der Waals surface area contributed by atoms with Gasteiger partial charge in [0.1, 0.15) is 6.33 Å². The van der Waals surface area contributed by atoms with E-state index in [1.54, 1.807) is 6.33 Å². The average molecular weight is 381 g/mol. The van der Waals surface area contributed by atoms with Crippen molar-refractivity contribution in [3.05, 3.63) is 35.6 Å². The molecule has 1 aromatic carbocycles.